The molecule has 3 heteroatoms. The second-order valence-electron chi connectivity index (χ2n) is 4.36. The molecule has 88 valence electrons. The number of hydrogen-bond acceptors (Lipinski definition) is 3. The van der Waals surface area contributed by atoms with Crippen molar-refractivity contribution in [1.29, 1.82) is 0 Å². The van der Waals surface area contributed by atoms with Crippen molar-refractivity contribution in [2.24, 2.45) is 5.92 Å². The fourth-order valence-electron chi connectivity index (χ4n) is 1.10. The van der Waals surface area contributed by atoms with E-state index in [-0.39, 0.29) is 12.5 Å². The normalized spacial score (nSPS) is 14.6. The smallest absolute Gasteiger partial charge is 0.338 e. The lowest BCUT2D eigenvalue weighted by Gasteiger charge is -2.25. The van der Waals surface area contributed by atoms with Crippen LogP contribution in [0.15, 0.2) is 30.3 Å². The summed E-state index contributed by atoms with van der Waals surface area (Å²) in [5.74, 6) is -0.748. The lowest BCUT2D eigenvalue weighted by molar-refractivity contribution is -0.169. The molecule has 0 amide bonds. The summed E-state index contributed by atoms with van der Waals surface area (Å²) in [5, 5.41) is 9.86. The zero-order chi connectivity index (χ0) is 12.2. The monoisotopic (exact) mass is 222 g/mol. The van der Waals surface area contributed by atoms with Gasteiger partial charge in [0.1, 0.15) is 6.61 Å². The molecule has 0 aliphatic heterocycles. The van der Waals surface area contributed by atoms with Gasteiger partial charge in [-0.15, -0.1) is 0 Å². The standard InChI is InChI=1S/C13H18O3/c1-10(2)13(3,15)12(14)16-9-11-7-5-4-6-8-11/h4-8,10,15H,9H2,1-3H3/t13-/m0/s1. The average Bonchev–Trinajstić information content (AvgIpc) is 2.27. The van der Waals surface area contributed by atoms with Gasteiger partial charge in [-0.3, -0.25) is 0 Å². The number of rotatable bonds is 4. The summed E-state index contributed by atoms with van der Waals surface area (Å²) in [4.78, 5) is 11.6. The van der Waals surface area contributed by atoms with Gasteiger partial charge >= 0.3 is 5.97 Å². The number of aliphatic hydroxyl groups is 1. The fraction of sp³-hybridized carbons (Fsp3) is 0.462. The maximum atomic E-state index is 11.6. The van der Waals surface area contributed by atoms with Gasteiger partial charge in [0, 0.05) is 0 Å². The van der Waals surface area contributed by atoms with Gasteiger partial charge in [-0.1, -0.05) is 44.2 Å². The number of benzene rings is 1. The van der Waals surface area contributed by atoms with Gasteiger partial charge in [-0.2, -0.15) is 0 Å². The van der Waals surface area contributed by atoms with E-state index in [1.165, 1.54) is 6.92 Å². The molecule has 0 heterocycles. The highest BCUT2D eigenvalue weighted by molar-refractivity contribution is 5.79. The molecule has 1 atom stereocenters. The SMILES string of the molecule is CC(C)[C@](C)(O)C(=O)OCc1ccccc1. The van der Waals surface area contributed by atoms with E-state index in [4.69, 9.17) is 4.74 Å². The average molecular weight is 222 g/mol. The number of carbonyl (C=O) groups excluding carboxylic acids is 1. The molecule has 1 N–H and O–H groups in total. The van der Waals surface area contributed by atoms with E-state index in [9.17, 15) is 9.90 Å². The zero-order valence-electron chi connectivity index (χ0n) is 9.93. The maximum Gasteiger partial charge on any atom is 0.338 e. The molecule has 0 fully saturated rings. The van der Waals surface area contributed by atoms with Crippen molar-refractivity contribution in [3.63, 3.8) is 0 Å². The third-order valence-corrected chi connectivity index (χ3v) is 2.75. The second-order valence-corrected chi connectivity index (χ2v) is 4.36. The van der Waals surface area contributed by atoms with Gasteiger partial charge < -0.3 is 9.84 Å². The first-order chi connectivity index (χ1) is 7.44. The molecule has 3 nitrogen and oxygen atoms in total. The van der Waals surface area contributed by atoms with Gasteiger partial charge in [0.2, 0.25) is 0 Å². The molecular weight excluding hydrogens is 204 g/mol. The molecule has 0 bridgehead atoms. The van der Waals surface area contributed by atoms with E-state index >= 15 is 0 Å². The van der Waals surface area contributed by atoms with Crippen molar-refractivity contribution in [3.8, 4) is 0 Å². The predicted molar refractivity (Wildman–Crippen MR) is 61.7 cm³/mol. The maximum absolute atomic E-state index is 11.6. The first-order valence-corrected chi connectivity index (χ1v) is 5.38. The Balaban J connectivity index is 2.54. The largest absolute Gasteiger partial charge is 0.459 e. The van der Waals surface area contributed by atoms with Crippen LogP contribution in [0, 0.1) is 5.92 Å². The van der Waals surface area contributed by atoms with Crippen LogP contribution in [-0.2, 0) is 16.1 Å². The number of hydrogen-bond donors (Lipinski definition) is 1. The number of carbonyl (C=O) groups is 1. The fourth-order valence-corrected chi connectivity index (χ4v) is 1.10. The molecule has 1 rings (SSSR count). The molecule has 0 spiro atoms. The lowest BCUT2D eigenvalue weighted by Crippen LogP contribution is -2.41. The zero-order valence-corrected chi connectivity index (χ0v) is 9.93. The van der Waals surface area contributed by atoms with E-state index in [0.717, 1.165) is 5.56 Å². The van der Waals surface area contributed by atoms with Crippen molar-refractivity contribution in [3.05, 3.63) is 35.9 Å². The number of ether oxygens (including phenoxy) is 1. The van der Waals surface area contributed by atoms with Gasteiger partial charge in [-0.05, 0) is 18.4 Å². The van der Waals surface area contributed by atoms with Crippen molar-refractivity contribution in [2.45, 2.75) is 33.0 Å². The van der Waals surface area contributed by atoms with Crippen molar-refractivity contribution in [1.82, 2.24) is 0 Å². The van der Waals surface area contributed by atoms with Crippen LogP contribution in [0.2, 0.25) is 0 Å². The summed E-state index contributed by atoms with van der Waals surface area (Å²) in [6, 6.07) is 9.40. The van der Waals surface area contributed by atoms with Crippen LogP contribution < -0.4 is 0 Å². The van der Waals surface area contributed by atoms with Crippen LogP contribution in [0.4, 0.5) is 0 Å². The Labute approximate surface area is 96.1 Å². The first-order valence-electron chi connectivity index (χ1n) is 5.38. The van der Waals surface area contributed by atoms with Crippen LogP contribution in [0.5, 0.6) is 0 Å². The second kappa shape index (κ2) is 5.12. The summed E-state index contributed by atoms with van der Waals surface area (Å²) < 4.78 is 5.07. The van der Waals surface area contributed by atoms with Crippen LogP contribution in [-0.4, -0.2) is 16.7 Å². The third kappa shape index (κ3) is 3.07. The molecule has 0 aliphatic rings. The van der Waals surface area contributed by atoms with Crippen LogP contribution in [0.3, 0.4) is 0 Å². The summed E-state index contributed by atoms with van der Waals surface area (Å²) in [6.45, 7) is 5.24. The Morgan fingerprint density at radius 1 is 1.38 bits per heavy atom. The minimum Gasteiger partial charge on any atom is -0.459 e. The molecule has 0 aliphatic carbocycles. The van der Waals surface area contributed by atoms with Crippen LogP contribution in [0.1, 0.15) is 26.3 Å². The van der Waals surface area contributed by atoms with E-state index in [2.05, 4.69) is 0 Å². The molecule has 1 aromatic carbocycles. The van der Waals surface area contributed by atoms with Gasteiger partial charge in [0.05, 0.1) is 0 Å². The Hall–Kier alpha value is -1.35. The highest BCUT2D eigenvalue weighted by atomic mass is 16.5. The molecule has 16 heavy (non-hydrogen) atoms. The Morgan fingerprint density at radius 2 is 1.94 bits per heavy atom. The topological polar surface area (TPSA) is 46.5 Å². The minimum absolute atomic E-state index is 0.171. The summed E-state index contributed by atoms with van der Waals surface area (Å²) in [5.41, 5.74) is -0.509. The van der Waals surface area contributed by atoms with Gasteiger partial charge in [-0.25, -0.2) is 4.79 Å². The lowest BCUT2D eigenvalue weighted by atomic mass is 9.93. The molecular formula is C13H18O3. The summed E-state index contributed by atoms with van der Waals surface area (Å²) in [7, 11) is 0. The van der Waals surface area contributed by atoms with Crippen molar-refractivity contribution in [2.75, 3.05) is 0 Å². The molecule has 1 aromatic rings. The Kier molecular flexibility index (Phi) is 4.07. The van der Waals surface area contributed by atoms with Gasteiger partial charge in [0.15, 0.2) is 5.60 Å². The molecule has 0 aromatic heterocycles. The van der Waals surface area contributed by atoms with E-state index in [0.29, 0.717) is 0 Å². The van der Waals surface area contributed by atoms with E-state index in [1.54, 1.807) is 13.8 Å². The quantitative estimate of drug-likeness (QED) is 0.794. The summed E-state index contributed by atoms with van der Waals surface area (Å²) >= 11 is 0. The molecule has 0 saturated heterocycles. The molecule has 0 radical (unpaired) electrons. The highest BCUT2D eigenvalue weighted by Crippen LogP contribution is 2.18. The number of esters is 1. The van der Waals surface area contributed by atoms with E-state index < -0.39 is 11.6 Å². The molecule has 0 unspecified atom stereocenters. The highest BCUT2D eigenvalue weighted by Gasteiger charge is 2.35. The van der Waals surface area contributed by atoms with Gasteiger partial charge in [0.25, 0.3) is 0 Å². The van der Waals surface area contributed by atoms with Crippen molar-refractivity contribution < 1.29 is 14.6 Å². The Bertz CT molecular complexity index is 341. The van der Waals surface area contributed by atoms with E-state index in [1.807, 2.05) is 30.3 Å². The summed E-state index contributed by atoms with van der Waals surface area (Å²) in [6.07, 6.45) is 0. The van der Waals surface area contributed by atoms with Crippen LogP contribution >= 0.6 is 0 Å². The van der Waals surface area contributed by atoms with Crippen LogP contribution in [0.25, 0.3) is 0 Å². The van der Waals surface area contributed by atoms with Crippen molar-refractivity contribution >= 4 is 5.97 Å². The molecule has 0 saturated carbocycles. The first kappa shape index (κ1) is 12.7. The minimum atomic E-state index is -1.42. The Morgan fingerprint density at radius 3 is 2.44 bits per heavy atom. The predicted octanol–water partition coefficient (Wildman–Crippen LogP) is 2.14. The third-order valence-electron chi connectivity index (χ3n) is 2.75.